The van der Waals surface area contributed by atoms with Crippen LogP contribution in [0.15, 0.2) is 36.9 Å². The highest BCUT2D eigenvalue weighted by molar-refractivity contribution is 5.62. The van der Waals surface area contributed by atoms with E-state index in [1.54, 1.807) is 35.4 Å². The fourth-order valence-electron chi connectivity index (χ4n) is 3.96. The average molecular weight is 380 g/mol. The largest absolute Gasteiger partial charge is 0.486 e. The molecule has 1 atom stereocenters. The quantitative estimate of drug-likeness (QED) is 0.749. The third-order valence-electron chi connectivity index (χ3n) is 5.47. The molecule has 1 unspecified atom stereocenters. The maximum Gasteiger partial charge on any atom is 0.229 e. The molecular formula is C20H21FN6O. The topological polar surface area (TPSA) is 68.1 Å². The molecule has 2 aliphatic heterocycles. The first-order valence-electron chi connectivity index (χ1n) is 9.37. The molecule has 3 aromatic rings. The van der Waals surface area contributed by atoms with Crippen LogP contribution in [0.3, 0.4) is 0 Å². The SMILES string of the molecule is Cc1cn(-c2ccc(Nc3ncc4c(n3)N3CCCC3(C)CO4)cc2F)cn1. The maximum atomic E-state index is 14.6. The van der Waals surface area contributed by atoms with Gasteiger partial charge < -0.3 is 19.5 Å². The number of aromatic nitrogens is 4. The van der Waals surface area contributed by atoms with Gasteiger partial charge in [-0.3, -0.25) is 0 Å². The van der Waals surface area contributed by atoms with Gasteiger partial charge in [0.1, 0.15) is 12.4 Å². The normalized spacial score (nSPS) is 20.5. The number of halogens is 1. The second kappa shape index (κ2) is 6.19. The van der Waals surface area contributed by atoms with Crippen LogP contribution in [0.5, 0.6) is 5.75 Å². The number of nitrogens with one attached hydrogen (secondary N) is 1. The van der Waals surface area contributed by atoms with E-state index in [9.17, 15) is 4.39 Å². The van der Waals surface area contributed by atoms with Gasteiger partial charge in [0, 0.05) is 18.4 Å². The molecule has 0 amide bonds. The van der Waals surface area contributed by atoms with E-state index in [1.807, 2.05) is 6.92 Å². The van der Waals surface area contributed by atoms with E-state index in [-0.39, 0.29) is 11.4 Å². The van der Waals surface area contributed by atoms with Crippen LogP contribution < -0.4 is 15.0 Å². The number of fused-ring (bicyclic) bond motifs is 3. The molecule has 1 N–H and O–H groups in total. The average Bonchev–Trinajstić information content (AvgIpc) is 3.27. The first-order valence-corrected chi connectivity index (χ1v) is 9.37. The number of benzene rings is 1. The molecule has 28 heavy (non-hydrogen) atoms. The van der Waals surface area contributed by atoms with Crippen LogP contribution >= 0.6 is 0 Å². The van der Waals surface area contributed by atoms with E-state index in [2.05, 4.69) is 32.1 Å². The summed E-state index contributed by atoms with van der Waals surface area (Å²) < 4.78 is 22.1. The highest BCUT2D eigenvalue weighted by Crippen LogP contribution is 2.42. The number of imidazole rings is 1. The standard InChI is InChI=1S/C20H21FN6O/c1-13-10-26(12-23-13)16-5-4-14(8-15(16)21)24-19-22-9-17-18(25-19)27-7-3-6-20(27,2)11-28-17/h4-5,8-10,12H,3,6-7,11H2,1-2H3,(H,22,24,25). The molecular weight excluding hydrogens is 359 g/mol. The summed E-state index contributed by atoms with van der Waals surface area (Å²) in [5, 5.41) is 3.10. The second-order valence-corrected chi connectivity index (χ2v) is 7.64. The molecule has 1 aromatic carbocycles. The summed E-state index contributed by atoms with van der Waals surface area (Å²) in [5.74, 6) is 1.57. The molecule has 1 fully saturated rings. The zero-order valence-electron chi connectivity index (χ0n) is 15.8. The predicted octanol–water partition coefficient (Wildman–Crippen LogP) is 3.60. The molecule has 0 saturated carbocycles. The lowest BCUT2D eigenvalue weighted by atomic mass is 9.99. The number of nitrogens with zero attached hydrogens (tertiary/aromatic N) is 5. The Morgan fingerprint density at radius 2 is 2.18 bits per heavy atom. The Morgan fingerprint density at radius 1 is 1.29 bits per heavy atom. The van der Waals surface area contributed by atoms with Crippen molar-refractivity contribution < 1.29 is 9.13 Å². The molecule has 5 rings (SSSR count). The Morgan fingerprint density at radius 3 is 2.96 bits per heavy atom. The molecule has 2 aliphatic rings. The number of hydrogen-bond acceptors (Lipinski definition) is 6. The van der Waals surface area contributed by atoms with E-state index < -0.39 is 0 Å². The monoisotopic (exact) mass is 380 g/mol. The first-order chi connectivity index (χ1) is 13.5. The van der Waals surface area contributed by atoms with Crippen molar-refractivity contribution in [2.75, 3.05) is 23.4 Å². The Kier molecular flexibility index (Phi) is 3.75. The highest BCUT2D eigenvalue weighted by Gasteiger charge is 2.43. The van der Waals surface area contributed by atoms with Gasteiger partial charge in [-0.1, -0.05) is 0 Å². The van der Waals surface area contributed by atoms with Crippen LogP contribution in [0.25, 0.3) is 5.69 Å². The first kappa shape index (κ1) is 17.0. The third-order valence-corrected chi connectivity index (χ3v) is 5.47. The van der Waals surface area contributed by atoms with Crippen molar-refractivity contribution in [3.63, 3.8) is 0 Å². The van der Waals surface area contributed by atoms with Crippen LogP contribution in [0.2, 0.25) is 0 Å². The lowest BCUT2D eigenvalue weighted by Crippen LogP contribution is -2.49. The summed E-state index contributed by atoms with van der Waals surface area (Å²) >= 11 is 0. The summed E-state index contributed by atoms with van der Waals surface area (Å²) in [6.07, 6.45) is 7.26. The van der Waals surface area contributed by atoms with Gasteiger partial charge in [0.25, 0.3) is 0 Å². The van der Waals surface area contributed by atoms with Gasteiger partial charge in [0.05, 0.1) is 29.4 Å². The van der Waals surface area contributed by atoms with Gasteiger partial charge in [0.15, 0.2) is 11.6 Å². The molecule has 1 saturated heterocycles. The zero-order valence-corrected chi connectivity index (χ0v) is 15.8. The van der Waals surface area contributed by atoms with Gasteiger partial charge in [-0.15, -0.1) is 0 Å². The van der Waals surface area contributed by atoms with Crippen molar-refractivity contribution in [1.82, 2.24) is 19.5 Å². The minimum atomic E-state index is -0.351. The Labute approximate surface area is 162 Å². The Balaban J connectivity index is 1.42. The summed E-state index contributed by atoms with van der Waals surface area (Å²) in [7, 11) is 0. The van der Waals surface area contributed by atoms with Crippen LogP contribution in [0.1, 0.15) is 25.5 Å². The molecule has 144 valence electrons. The van der Waals surface area contributed by atoms with E-state index in [1.165, 1.54) is 6.07 Å². The van der Waals surface area contributed by atoms with Gasteiger partial charge in [-0.2, -0.15) is 4.98 Å². The molecule has 0 aliphatic carbocycles. The van der Waals surface area contributed by atoms with Gasteiger partial charge in [-0.25, -0.2) is 14.4 Å². The minimum absolute atomic E-state index is 0.0185. The van der Waals surface area contributed by atoms with Gasteiger partial charge >= 0.3 is 0 Å². The fourth-order valence-corrected chi connectivity index (χ4v) is 3.96. The van der Waals surface area contributed by atoms with Crippen molar-refractivity contribution in [3.8, 4) is 11.4 Å². The lowest BCUT2D eigenvalue weighted by Gasteiger charge is -2.40. The summed E-state index contributed by atoms with van der Waals surface area (Å²) in [6, 6.07) is 4.94. The van der Waals surface area contributed by atoms with E-state index in [0.29, 0.717) is 29.7 Å². The lowest BCUT2D eigenvalue weighted by molar-refractivity contribution is 0.210. The van der Waals surface area contributed by atoms with Crippen molar-refractivity contribution in [1.29, 1.82) is 0 Å². The molecule has 7 nitrogen and oxygen atoms in total. The number of aryl methyl sites for hydroxylation is 1. The number of ether oxygens (including phenoxy) is 1. The Bertz CT molecular complexity index is 1050. The number of hydrogen-bond donors (Lipinski definition) is 1. The third kappa shape index (κ3) is 2.76. The molecule has 0 radical (unpaired) electrons. The molecule has 4 heterocycles. The summed E-state index contributed by atoms with van der Waals surface area (Å²) in [5.41, 5.74) is 1.84. The summed E-state index contributed by atoms with van der Waals surface area (Å²) in [6.45, 7) is 5.67. The fraction of sp³-hybridized carbons (Fsp3) is 0.350. The van der Waals surface area contributed by atoms with E-state index >= 15 is 0 Å². The van der Waals surface area contributed by atoms with Crippen LogP contribution in [-0.4, -0.2) is 38.2 Å². The van der Waals surface area contributed by atoms with E-state index in [4.69, 9.17) is 4.74 Å². The maximum absolute atomic E-state index is 14.6. The smallest absolute Gasteiger partial charge is 0.229 e. The second-order valence-electron chi connectivity index (χ2n) is 7.64. The van der Waals surface area contributed by atoms with Crippen molar-refractivity contribution in [2.45, 2.75) is 32.2 Å². The molecule has 8 heteroatoms. The van der Waals surface area contributed by atoms with Crippen LogP contribution in [-0.2, 0) is 0 Å². The minimum Gasteiger partial charge on any atom is -0.486 e. The highest BCUT2D eigenvalue weighted by atomic mass is 19.1. The molecule has 0 bridgehead atoms. The van der Waals surface area contributed by atoms with Crippen molar-refractivity contribution >= 4 is 17.5 Å². The number of rotatable bonds is 3. The van der Waals surface area contributed by atoms with Crippen LogP contribution in [0, 0.1) is 12.7 Å². The van der Waals surface area contributed by atoms with Crippen LogP contribution in [0.4, 0.5) is 21.8 Å². The van der Waals surface area contributed by atoms with E-state index in [0.717, 1.165) is 30.9 Å². The number of anilines is 3. The summed E-state index contributed by atoms with van der Waals surface area (Å²) in [4.78, 5) is 15.4. The molecule has 0 spiro atoms. The van der Waals surface area contributed by atoms with Gasteiger partial charge in [-0.05, 0) is 44.9 Å². The molecule has 2 aromatic heterocycles. The predicted molar refractivity (Wildman–Crippen MR) is 104 cm³/mol. The van der Waals surface area contributed by atoms with Crippen molar-refractivity contribution in [2.24, 2.45) is 0 Å². The van der Waals surface area contributed by atoms with Gasteiger partial charge in [0.2, 0.25) is 5.95 Å². The van der Waals surface area contributed by atoms with Crippen molar-refractivity contribution in [3.05, 3.63) is 48.4 Å². The zero-order chi connectivity index (χ0) is 19.3. The Hall–Kier alpha value is -3.16.